The lowest BCUT2D eigenvalue weighted by Gasteiger charge is -2.21. The highest BCUT2D eigenvalue weighted by atomic mass is 35.5. The highest BCUT2D eigenvalue weighted by molar-refractivity contribution is 6.34. The smallest absolute Gasteiger partial charge is 0.321 e. The predicted octanol–water partition coefficient (Wildman–Crippen LogP) is 3.98. The third-order valence-electron chi connectivity index (χ3n) is 4.95. The summed E-state index contributed by atoms with van der Waals surface area (Å²) in [5.41, 5.74) is 2.18. The maximum Gasteiger partial charge on any atom is 0.321 e. The molecular formula is C24H21ClN4O3. The zero-order valence-electron chi connectivity index (χ0n) is 17.4. The third-order valence-corrected chi connectivity index (χ3v) is 5.30. The minimum atomic E-state index is -0.771. The molecule has 0 saturated carbocycles. The molecule has 1 aromatic carbocycles. The molecule has 3 aromatic rings. The van der Waals surface area contributed by atoms with Crippen molar-refractivity contribution in [3.8, 4) is 5.88 Å². The van der Waals surface area contributed by atoms with Gasteiger partial charge in [-0.2, -0.15) is 0 Å². The van der Waals surface area contributed by atoms with Crippen LogP contribution in [0.3, 0.4) is 0 Å². The summed E-state index contributed by atoms with van der Waals surface area (Å²) in [6.45, 7) is 0.645. The lowest BCUT2D eigenvalue weighted by molar-refractivity contribution is -0.113. The molecule has 4 rings (SSSR count). The molecule has 7 nitrogen and oxygen atoms in total. The van der Waals surface area contributed by atoms with Crippen molar-refractivity contribution in [2.75, 3.05) is 7.05 Å². The number of pyridine rings is 2. The van der Waals surface area contributed by atoms with Crippen LogP contribution in [0.25, 0.3) is 10.8 Å². The van der Waals surface area contributed by atoms with Crippen LogP contribution in [0.2, 0.25) is 0 Å². The zero-order valence-corrected chi connectivity index (χ0v) is 18.1. The minimum absolute atomic E-state index is 0.207. The Kier molecular flexibility index (Phi) is 6.47. The van der Waals surface area contributed by atoms with Gasteiger partial charge in [-0.05, 0) is 47.4 Å². The number of hydrogen-bond acceptors (Lipinski definition) is 5. The maximum absolute atomic E-state index is 12.6. The molecule has 2 heterocycles. The highest BCUT2D eigenvalue weighted by Crippen LogP contribution is 2.27. The van der Waals surface area contributed by atoms with E-state index in [0.29, 0.717) is 24.7 Å². The summed E-state index contributed by atoms with van der Waals surface area (Å²) < 4.78 is 5.91. The van der Waals surface area contributed by atoms with Crippen molar-refractivity contribution >= 4 is 34.2 Å². The van der Waals surface area contributed by atoms with Crippen LogP contribution >= 0.6 is 11.6 Å². The number of urea groups is 1. The zero-order chi connectivity index (χ0) is 22.5. The molecule has 0 radical (unpaired) electrons. The summed E-state index contributed by atoms with van der Waals surface area (Å²) in [5, 5.41) is 3.79. The molecule has 1 N–H and O–H groups in total. The molecule has 8 heteroatoms. The number of ether oxygens (including phenoxy) is 1. The Hall–Kier alpha value is -3.71. The number of hydrogen-bond donors (Lipinski definition) is 1. The maximum atomic E-state index is 12.6. The first kappa shape index (κ1) is 21.5. The fourth-order valence-electron chi connectivity index (χ4n) is 3.28. The number of nitrogens with one attached hydrogen (secondary N) is 1. The first-order valence-electron chi connectivity index (χ1n) is 10.0. The number of alkyl halides is 1. The van der Waals surface area contributed by atoms with Crippen LogP contribution in [0.15, 0.2) is 78.8 Å². The number of nitrogens with zero attached hydrogens (tertiary/aromatic N) is 3. The molecule has 0 spiro atoms. The Labute approximate surface area is 190 Å². The molecule has 2 amide bonds. The molecule has 1 atom stereocenters. The van der Waals surface area contributed by atoms with Gasteiger partial charge in [0.05, 0.1) is 5.69 Å². The number of allylic oxidation sites excluding steroid dienone is 3. The number of carbonyl (C=O) groups excluding carboxylic acids is 2. The summed E-state index contributed by atoms with van der Waals surface area (Å²) in [4.78, 5) is 34.4. The lowest BCUT2D eigenvalue weighted by atomic mass is 10.1. The van der Waals surface area contributed by atoms with Gasteiger partial charge in [-0.1, -0.05) is 24.3 Å². The van der Waals surface area contributed by atoms with Crippen molar-refractivity contribution in [2.45, 2.75) is 18.5 Å². The van der Waals surface area contributed by atoms with Crippen LogP contribution in [0.4, 0.5) is 4.79 Å². The van der Waals surface area contributed by atoms with Crippen molar-refractivity contribution in [3.05, 3.63) is 90.0 Å². The van der Waals surface area contributed by atoms with Gasteiger partial charge < -0.3 is 15.0 Å². The van der Waals surface area contributed by atoms with Crippen molar-refractivity contribution in [2.24, 2.45) is 0 Å². The number of amides is 2. The second-order valence-corrected chi connectivity index (χ2v) is 7.76. The van der Waals surface area contributed by atoms with Crippen LogP contribution in [0.1, 0.15) is 11.3 Å². The average Bonchev–Trinajstić information content (AvgIpc) is 2.81. The minimum Gasteiger partial charge on any atom is -0.471 e. The fourth-order valence-corrected chi connectivity index (χ4v) is 3.49. The highest BCUT2D eigenvalue weighted by Gasteiger charge is 2.18. The van der Waals surface area contributed by atoms with Gasteiger partial charge in [0, 0.05) is 37.1 Å². The molecule has 162 valence electrons. The van der Waals surface area contributed by atoms with Gasteiger partial charge >= 0.3 is 6.03 Å². The van der Waals surface area contributed by atoms with Gasteiger partial charge in [0.1, 0.15) is 12.0 Å². The van der Waals surface area contributed by atoms with E-state index >= 15 is 0 Å². The standard InChI is InChI=1S/C24H21ClN4O3/c1-29(24(31)28-17-9-10-22(30)21(25)12-17)14-16-13-27-23(20-8-3-2-7-19(16)20)32-15-18-6-4-5-11-26-18/h2-13,21H,14-15H2,1H3,(H,28,31)/t21-/m1/s1. The molecule has 0 fully saturated rings. The molecule has 2 aromatic heterocycles. The normalized spacial score (nSPS) is 15.4. The number of fused-ring (bicyclic) bond motifs is 1. The van der Waals surface area contributed by atoms with Crippen LogP contribution < -0.4 is 10.1 Å². The van der Waals surface area contributed by atoms with E-state index in [2.05, 4.69) is 15.3 Å². The van der Waals surface area contributed by atoms with Crippen LogP contribution in [-0.4, -0.2) is 39.1 Å². The Morgan fingerprint density at radius 2 is 1.91 bits per heavy atom. The predicted molar refractivity (Wildman–Crippen MR) is 122 cm³/mol. The van der Waals surface area contributed by atoms with Gasteiger partial charge in [-0.15, -0.1) is 11.6 Å². The van der Waals surface area contributed by atoms with E-state index in [9.17, 15) is 9.59 Å². The topological polar surface area (TPSA) is 84.4 Å². The van der Waals surface area contributed by atoms with E-state index in [1.807, 2.05) is 42.5 Å². The lowest BCUT2D eigenvalue weighted by Crippen LogP contribution is -2.37. The second-order valence-electron chi connectivity index (χ2n) is 7.29. The summed E-state index contributed by atoms with van der Waals surface area (Å²) in [5.74, 6) is 0.304. The van der Waals surface area contributed by atoms with Crippen molar-refractivity contribution in [3.63, 3.8) is 0 Å². The fraction of sp³-hybridized carbons (Fsp3) is 0.167. The number of carbonyl (C=O) groups is 2. The van der Waals surface area contributed by atoms with E-state index < -0.39 is 5.38 Å². The number of rotatable bonds is 6. The molecule has 32 heavy (non-hydrogen) atoms. The van der Waals surface area contributed by atoms with Crippen molar-refractivity contribution in [1.29, 1.82) is 0 Å². The molecule has 1 aliphatic carbocycles. The molecule has 1 aliphatic rings. The molecule has 0 bridgehead atoms. The molecule has 0 aliphatic heterocycles. The van der Waals surface area contributed by atoms with E-state index in [-0.39, 0.29) is 11.8 Å². The summed E-state index contributed by atoms with van der Waals surface area (Å²) >= 11 is 5.93. The Balaban J connectivity index is 1.48. The third kappa shape index (κ3) is 4.95. The Morgan fingerprint density at radius 1 is 1.12 bits per heavy atom. The van der Waals surface area contributed by atoms with Gasteiger partial charge in [0.25, 0.3) is 0 Å². The van der Waals surface area contributed by atoms with E-state index in [1.54, 1.807) is 19.4 Å². The molecule has 0 saturated heterocycles. The van der Waals surface area contributed by atoms with Crippen LogP contribution in [0.5, 0.6) is 5.88 Å². The van der Waals surface area contributed by atoms with Gasteiger partial charge in [-0.25, -0.2) is 9.78 Å². The number of ketones is 1. The largest absolute Gasteiger partial charge is 0.471 e. The van der Waals surface area contributed by atoms with Gasteiger partial charge in [0.15, 0.2) is 5.78 Å². The monoisotopic (exact) mass is 448 g/mol. The molecule has 0 unspecified atom stereocenters. The SMILES string of the molecule is CN(Cc1cnc(OCc2ccccn2)c2ccccc12)C(=O)NC1=C[C@@H](Cl)C(=O)C=C1. The average molecular weight is 449 g/mol. The molecular weight excluding hydrogens is 428 g/mol. The van der Waals surface area contributed by atoms with Gasteiger partial charge in [-0.3, -0.25) is 9.78 Å². The quantitative estimate of drug-likeness (QED) is 0.576. The van der Waals surface area contributed by atoms with Gasteiger partial charge in [0.2, 0.25) is 5.88 Å². The van der Waals surface area contributed by atoms with E-state index in [1.165, 1.54) is 23.1 Å². The van der Waals surface area contributed by atoms with Crippen molar-refractivity contribution in [1.82, 2.24) is 20.2 Å². The number of halogens is 1. The number of aromatic nitrogens is 2. The number of benzene rings is 1. The van der Waals surface area contributed by atoms with E-state index in [0.717, 1.165) is 22.0 Å². The van der Waals surface area contributed by atoms with E-state index in [4.69, 9.17) is 16.3 Å². The summed E-state index contributed by atoms with van der Waals surface area (Å²) in [7, 11) is 1.69. The summed E-state index contributed by atoms with van der Waals surface area (Å²) in [6, 6.07) is 13.1. The Morgan fingerprint density at radius 3 is 2.66 bits per heavy atom. The summed E-state index contributed by atoms with van der Waals surface area (Å²) in [6.07, 6.45) is 7.85. The first-order chi connectivity index (χ1) is 15.5. The first-order valence-corrected chi connectivity index (χ1v) is 10.4. The van der Waals surface area contributed by atoms with Crippen LogP contribution in [0, 0.1) is 0 Å². The van der Waals surface area contributed by atoms with Crippen molar-refractivity contribution < 1.29 is 14.3 Å². The van der Waals surface area contributed by atoms with Crippen LogP contribution in [-0.2, 0) is 17.9 Å². The Bertz CT molecular complexity index is 1210. The second kappa shape index (κ2) is 9.62.